The lowest BCUT2D eigenvalue weighted by Gasteiger charge is -1.98. The number of hydrogen-bond donors (Lipinski definition) is 2. The highest BCUT2D eigenvalue weighted by molar-refractivity contribution is 9.10. The maximum absolute atomic E-state index is 11.7. The minimum absolute atomic E-state index is 0.179. The summed E-state index contributed by atoms with van der Waals surface area (Å²) in [5, 5.41) is 6.82. The van der Waals surface area contributed by atoms with Crippen LogP contribution in [-0.2, 0) is 6.54 Å². The summed E-state index contributed by atoms with van der Waals surface area (Å²) < 4.78 is 2.60. The van der Waals surface area contributed by atoms with Crippen LogP contribution in [0.4, 0.5) is 5.69 Å². The van der Waals surface area contributed by atoms with Crippen LogP contribution in [0, 0.1) is 0 Å². The molecule has 2 N–H and O–H groups in total. The molecule has 0 saturated heterocycles. The van der Waals surface area contributed by atoms with Crippen molar-refractivity contribution in [1.82, 2.24) is 14.8 Å². The third-order valence-corrected chi connectivity index (χ3v) is 2.57. The van der Waals surface area contributed by atoms with Gasteiger partial charge in [-0.3, -0.25) is 9.48 Å². The molecule has 2 aromatic heterocycles. The minimum atomic E-state index is -0.179. The van der Waals surface area contributed by atoms with Gasteiger partial charge in [0.2, 0.25) is 0 Å². The number of nitrogens with zero attached hydrogens (tertiary/aromatic N) is 2. The highest BCUT2D eigenvalue weighted by atomic mass is 79.9. The van der Waals surface area contributed by atoms with Gasteiger partial charge in [-0.1, -0.05) is 0 Å². The Labute approximate surface area is 101 Å². The average Bonchev–Trinajstić information content (AvgIpc) is 2.87. The van der Waals surface area contributed by atoms with Crippen LogP contribution in [0.5, 0.6) is 0 Å². The fourth-order valence-electron chi connectivity index (χ4n) is 1.30. The Balaban J connectivity index is 2.07. The van der Waals surface area contributed by atoms with Crippen molar-refractivity contribution >= 4 is 27.5 Å². The molecule has 0 aliphatic rings. The van der Waals surface area contributed by atoms with Crippen LogP contribution >= 0.6 is 15.9 Å². The molecule has 0 spiro atoms. The molecule has 0 fully saturated rings. The Bertz CT molecular complexity index is 502. The fourth-order valence-corrected chi connectivity index (χ4v) is 1.64. The predicted molar refractivity (Wildman–Crippen MR) is 64.3 cm³/mol. The van der Waals surface area contributed by atoms with Gasteiger partial charge in [0.15, 0.2) is 0 Å². The van der Waals surface area contributed by atoms with E-state index in [2.05, 4.69) is 31.3 Å². The normalized spacial score (nSPS) is 10.4. The zero-order valence-electron chi connectivity index (χ0n) is 8.70. The molecule has 0 bridgehead atoms. The van der Waals surface area contributed by atoms with Crippen LogP contribution in [0.2, 0.25) is 0 Å². The van der Waals surface area contributed by atoms with E-state index < -0.39 is 0 Å². The second-order valence-corrected chi connectivity index (χ2v) is 4.19. The molecular weight excluding hydrogens is 272 g/mol. The van der Waals surface area contributed by atoms with Gasteiger partial charge in [0.25, 0.3) is 5.91 Å². The van der Waals surface area contributed by atoms with Gasteiger partial charge < -0.3 is 10.3 Å². The summed E-state index contributed by atoms with van der Waals surface area (Å²) >= 11 is 3.27. The summed E-state index contributed by atoms with van der Waals surface area (Å²) in [6.45, 7) is 2.77. The number of hydrogen-bond acceptors (Lipinski definition) is 2. The van der Waals surface area contributed by atoms with Crippen molar-refractivity contribution < 1.29 is 4.79 Å². The Hall–Kier alpha value is -1.56. The quantitative estimate of drug-likeness (QED) is 0.907. The molecule has 0 atom stereocenters. The SMILES string of the molecule is CCn1cc(NC(=O)c2cc(Br)c[nH]2)cn1. The lowest BCUT2D eigenvalue weighted by molar-refractivity contribution is 0.102. The summed E-state index contributed by atoms with van der Waals surface area (Å²) in [5.74, 6) is -0.179. The van der Waals surface area contributed by atoms with Crippen molar-refractivity contribution in [2.75, 3.05) is 5.32 Å². The minimum Gasteiger partial charge on any atom is -0.356 e. The number of aromatic amines is 1. The summed E-state index contributed by atoms with van der Waals surface area (Å²) in [7, 11) is 0. The first kappa shape index (κ1) is 10.9. The largest absolute Gasteiger partial charge is 0.356 e. The number of carbonyl (C=O) groups excluding carboxylic acids is 1. The number of amides is 1. The summed E-state index contributed by atoms with van der Waals surface area (Å²) in [5.41, 5.74) is 1.20. The highest BCUT2D eigenvalue weighted by Gasteiger charge is 2.08. The zero-order chi connectivity index (χ0) is 11.5. The first-order valence-corrected chi connectivity index (χ1v) is 5.66. The molecule has 2 rings (SSSR count). The molecule has 6 heteroatoms. The zero-order valence-corrected chi connectivity index (χ0v) is 10.3. The van der Waals surface area contributed by atoms with Crippen LogP contribution in [0.3, 0.4) is 0 Å². The molecule has 16 heavy (non-hydrogen) atoms. The molecule has 1 amide bonds. The third kappa shape index (κ3) is 2.33. The van der Waals surface area contributed by atoms with Crippen molar-refractivity contribution in [2.45, 2.75) is 13.5 Å². The van der Waals surface area contributed by atoms with Crippen LogP contribution in [0.15, 0.2) is 29.1 Å². The van der Waals surface area contributed by atoms with Crippen LogP contribution < -0.4 is 5.32 Å². The van der Waals surface area contributed by atoms with Crippen molar-refractivity contribution in [3.8, 4) is 0 Å². The molecule has 0 saturated carbocycles. The van der Waals surface area contributed by atoms with E-state index in [0.29, 0.717) is 11.4 Å². The Morgan fingerprint density at radius 2 is 2.50 bits per heavy atom. The second kappa shape index (κ2) is 4.52. The Morgan fingerprint density at radius 1 is 1.69 bits per heavy atom. The van der Waals surface area contributed by atoms with Crippen molar-refractivity contribution in [1.29, 1.82) is 0 Å². The van der Waals surface area contributed by atoms with E-state index >= 15 is 0 Å². The van der Waals surface area contributed by atoms with E-state index in [1.54, 1.807) is 29.3 Å². The first-order valence-electron chi connectivity index (χ1n) is 4.86. The van der Waals surface area contributed by atoms with Gasteiger partial charge in [0.1, 0.15) is 5.69 Å². The second-order valence-electron chi connectivity index (χ2n) is 3.27. The number of aryl methyl sites for hydroxylation is 1. The van der Waals surface area contributed by atoms with Crippen molar-refractivity contribution in [3.63, 3.8) is 0 Å². The number of rotatable bonds is 3. The predicted octanol–water partition coefficient (Wildman–Crippen LogP) is 2.25. The third-order valence-electron chi connectivity index (χ3n) is 2.11. The van der Waals surface area contributed by atoms with E-state index in [0.717, 1.165) is 11.0 Å². The topological polar surface area (TPSA) is 62.7 Å². The lowest BCUT2D eigenvalue weighted by atomic mass is 10.4. The van der Waals surface area contributed by atoms with E-state index in [9.17, 15) is 4.79 Å². The van der Waals surface area contributed by atoms with Gasteiger partial charge in [-0.2, -0.15) is 5.10 Å². The van der Waals surface area contributed by atoms with Gasteiger partial charge in [0.05, 0.1) is 11.9 Å². The smallest absolute Gasteiger partial charge is 0.272 e. The maximum atomic E-state index is 11.7. The molecule has 0 aliphatic carbocycles. The number of nitrogens with one attached hydrogen (secondary N) is 2. The summed E-state index contributed by atoms with van der Waals surface area (Å²) in [6.07, 6.45) is 5.12. The number of H-pyrrole nitrogens is 1. The number of anilines is 1. The molecule has 0 radical (unpaired) electrons. The molecule has 5 nitrogen and oxygen atoms in total. The van der Waals surface area contributed by atoms with E-state index in [-0.39, 0.29) is 5.91 Å². The van der Waals surface area contributed by atoms with Gasteiger partial charge in [0, 0.05) is 23.4 Å². The van der Waals surface area contributed by atoms with E-state index in [1.165, 1.54) is 0 Å². The van der Waals surface area contributed by atoms with Crippen molar-refractivity contribution in [3.05, 3.63) is 34.8 Å². The van der Waals surface area contributed by atoms with Crippen LogP contribution in [0.25, 0.3) is 0 Å². The van der Waals surface area contributed by atoms with E-state index in [4.69, 9.17) is 0 Å². The molecule has 0 aliphatic heterocycles. The molecule has 0 aromatic carbocycles. The standard InChI is InChI=1S/C10H11BrN4O/c1-2-15-6-8(5-13-15)14-10(16)9-3-7(11)4-12-9/h3-6,12H,2H2,1H3,(H,14,16). The van der Waals surface area contributed by atoms with Crippen LogP contribution in [-0.4, -0.2) is 20.7 Å². The van der Waals surface area contributed by atoms with Crippen LogP contribution in [0.1, 0.15) is 17.4 Å². The highest BCUT2D eigenvalue weighted by Crippen LogP contribution is 2.12. The summed E-state index contributed by atoms with van der Waals surface area (Å²) in [6, 6.07) is 1.72. The summed E-state index contributed by atoms with van der Waals surface area (Å²) in [4.78, 5) is 14.6. The first-order chi connectivity index (χ1) is 7.69. The van der Waals surface area contributed by atoms with Crippen molar-refractivity contribution in [2.24, 2.45) is 0 Å². The maximum Gasteiger partial charge on any atom is 0.272 e. The molecule has 2 aromatic rings. The van der Waals surface area contributed by atoms with E-state index in [1.807, 2.05) is 6.92 Å². The Morgan fingerprint density at radius 3 is 3.06 bits per heavy atom. The average molecular weight is 283 g/mol. The number of halogens is 1. The molecule has 84 valence electrons. The van der Waals surface area contributed by atoms with Gasteiger partial charge in [-0.25, -0.2) is 0 Å². The number of carbonyl (C=O) groups is 1. The monoisotopic (exact) mass is 282 g/mol. The fraction of sp³-hybridized carbons (Fsp3) is 0.200. The Kier molecular flexibility index (Phi) is 3.09. The van der Waals surface area contributed by atoms with Gasteiger partial charge in [-0.05, 0) is 28.9 Å². The molecule has 2 heterocycles. The van der Waals surface area contributed by atoms with Gasteiger partial charge in [-0.15, -0.1) is 0 Å². The van der Waals surface area contributed by atoms with Gasteiger partial charge >= 0.3 is 0 Å². The lowest BCUT2D eigenvalue weighted by Crippen LogP contribution is -2.11. The molecule has 0 unspecified atom stereocenters. The molecular formula is C10H11BrN4O. The number of aromatic nitrogens is 3.